The molecule has 1 N–H and O–H groups in total. The first-order chi connectivity index (χ1) is 15.6. The van der Waals surface area contributed by atoms with E-state index in [0.717, 1.165) is 28.9 Å². The number of benzene rings is 2. The maximum atomic E-state index is 13.3. The summed E-state index contributed by atoms with van der Waals surface area (Å²) in [7, 11) is 1.80. The van der Waals surface area contributed by atoms with Crippen molar-refractivity contribution in [2.45, 2.75) is 32.5 Å². The van der Waals surface area contributed by atoms with Gasteiger partial charge in [0.15, 0.2) is 5.69 Å². The van der Waals surface area contributed by atoms with Gasteiger partial charge in [-0.2, -0.15) is 0 Å². The molecule has 1 amide bonds. The molecule has 0 aliphatic heterocycles. The van der Waals surface area contributed by atoms with Crippen LogP contribution < -0.4 is 5.32 Å². The number of nitrogens with zero attached hydrogens (tertiary/aromatic N) is 3. The lowest BCUT2D eigenvalue weighted by Crippen LogP contribution is -2.29. The number of imidazole rings is 1. The summed E-state index contributed by atoms with van der Waals surface area (Å²) in [6, 6.07) is 22.2. The predicted octanol–water partition coefficient (Wildman–Crippen LogP) is 4.99. The Morgan fingerprint density at radius 2 is 1.78 bits per heavy atom. The summed E-state index contributed by atoms with van der Waals surface area (Å²) >= 11 is 0. The molecule has 0 spiro atoms. The fourth-order valence-electron chi connectivity index (χ4n) is 3.91. The van der Waals surface area contributed by atoms with E-state index in [1.54, 1.807) is 24.1 Å². The normalized spacial score (nSPS) is 12.1. The summed E-state index contributed by atoms with van der Waals surface area (Å²) in [6.07, 6.45) is 2.76. The minimum atomic E-state index is -0.250. The van der Waals surface area contributed by atoms with E-state index in [1.807, 2.05) is 59.1 Å². The average Bonchev–Trinajstić information content (AvgIpc) is 3.19. The molecule has 4 aromatic rings. The molecule has 0 fully saturated rings. The van der Waals surface area contributed by atoms with Crippen molar-refractivity contribution >= 4 is 11.6 Å². The van der Waals surface area contributed by atoms with Crippen LogP contribution in [0, 0.1) is 5.82 Å². The molecule has 0 saturated carbocycles. The largest absolute Gasteiger partial charge is 0.336 e. The fourth-order valence-corrected chi connectivity index (χ4v) is 3.91. The molecular weight excluding hydrogens is 403 g/mol. The number of aromatic nitrogens is 2. The van der Waals surface area contributed by atoms with Crippen LogP contribution in [0.5, 0.6) is 0 Å². The second-order valence-electron chi connectivity index (χ2n) is 7.88. The van der Waals surface area contributed by atoms with E-state index in [2.05, 4.69) is 17.2 Å². The van der Waals surface area contributed by atoms with Crippen molar-refractivity contribution in [2.24, 2.45) is 0 Å². The van der Waals surface area contributed by atoms with Crippen LogP contribution in [0.1, 0.15) is 46.7 Å². The third-order valence-corrected chi connectivity index (χ3v) is 5.64. The first-order valence-electron chi connectivity index (χ1n) is 10.8. The molecular formula is C26H27FN4O. The summed E-state index contributed by atoms with van der Waals surface area (Å²) in [5.41, 5.74) is 4.06. The number of nitrogens with one attached hydrogen (secondary N) is 1. The van der Waals surface area contributed by atoms with Crippen LogP contribution in [0.3, 0.4) is 0 Å². The molecule has 1 atom stereocenters. The van der Waals surface area contributed by atoms with Crippen LogP contribution in [0.2, 0.25) is 0 Å². The summed E-state index contributed by atoms with van der Waals surface area (Å²) < 4.78 is 15.3. The number of carbonyl (C=O) groups excluding carboxylic acids is 1. The molecule has 0 bridgehead atoms. The molecule has 2 aromatic heterocycles. The van der Waals surface area contributed by atoms with E-state index in [9.17, 15) is 9.18 Å². The number of hydrogen-bond donors (Lipinski definition) is 1. The highest BCUT2D eigenvalue weighted by Gasteiger charge is 2.23. The molecule has 32 heavy (non-hydrogen) atoms. The maximum Gasteiger partial charge on any atom is 0.274 e. The summed E-state index contributed by atoms with van der Waals surface area (Å²) in [6.45, 7) is 3.05. The Morgan fingerprint density at radius 1 is 1.06 bits per heavy atom. The predicted molar refractivity (Wildman–Crippen MR) is 124 cm³/mol. The van der Waals surface area contributed by atoms with E-state index < -0.39 is 0 Å². The van der Waals surface area contributed by atoms with Crippen LogP contribution in [-0.2, 0) is 13.1 Å². The highest BCUT2D eigenvalue weighted by molar-refractivity contribution is 5.94. The average molecular weight is 431 g/mol. The van der Waals surface area contributed by atoms with Gasteiger partial charge in [-0.3, -0.25) is 4.79 Å². The van der Waals surface area contributed by atoms with E-state index in [1.165, 1.54) is 12.1 Å². The molecule has 6 heteroatoms. The van der Waals surface area contributed by atoms with Crippen molar-refractivity contribution in [1.82, 2.24) is 19.6 Å². The number of rotatable bonds is 8. The first kappa shape index (κ1) is 21.7. The summed E-state index contributed by atoms with van der Waals surface area (Å²) in [5, 5.41) is 3.53. The highest BCUT2D eigenvalue weighted by Crippen LogP contribution is 2.20. The monoisotopic (exact) mass is 430 g/mol. The highest BCUT2D eigenvalue weighted by atomic mass is 19.1. The molecule has 0 saturated heterocycles. The molecule has 5 nitrogen and oxygen atoms in total. The SMILES string of the molecule is CC[C@H](NCc1c(C(=O)N(C)Cc2ccccc2)nc2ccccn12)c1ccc(F)cc1. The lowest BCUT2D eigenvalue weighted by molar-refractivity contribution is 0.0778. The summed E-state index contributed by atoms with van der Waals surface area (Å²) in [5.74, 6) is -0.371. The lowest BCUT2D eigenvalue weighted by Gasteiger charge is -2.19. The second kappa shape index (κ2) is 9.75. The number of pyridine rings is 1. The zero-order valence-electron chi connectivity index (χ0n) is 18.3. The van der Waals surface area contributed by atoms with Crippen molar-refractivity contribution in [2.75, 3.05) is 7.05 Å². The van der Waals surface area contributed by atoms with Crippen LogP contribution in [0.25, 0.3) is 5.65 Å². The molecule has 2 heterocycles. The maximum absolute atomic E-state index is 13.3. The molecule has 164 valence electrons. The van der Waals surface area contributed by atoms with Gasteiger partial charge in [-0.1, -0.05) is 55.5 Å². The third-order valence-electron chi connectivity index (χ3n) is 5.64. The fraction of sp³-hybridized carbons (Fsp3) is 0.231. The molecule has 0 radical (unpaired) electrons. The van der Waals surface area contributed by atoms with Crippen molar-refractivity contribution in [3.05, 3.63) is 107 Å². The van der Waals surface area contributed by atoms with Gasteiger partial charge in [0.2, 0.25) is 0 Å². The number of hydrogen-bond acceptors (Lipinski definition) is 3. The zero-order valence-corrected chi connectivity index (χ0v) is 18.3. The number of fused-ring (bicyclic) bond motifs is 1. The van der Waals surface area contributed by atoms with Crippen molar-refractivity contribution in [1.29, 1.82) is 0 Å². The standard InChI is InChI=1S/C26H27FN4O/c1-3-22(20-12-14-21(27)15-13-20)28-17-23-25(29-24-11-7-8-16-31(23)24)26(32)30(2)18-19-9-5-4-6-10-19/h4-16,22,28H,3,17-18H2,1-2H3/t22-/m0/s1. The second-order valence-corrected chi connectivity index (χ2v) is 7.88. The Kier molecular flexibility index (Phi) is 6.61. The van der Waals surface area contributed by atoms with Gasteiger partial charge < -0.3 is 14.6 Å². The van der Waals surface area contributed by atoms with Gasteiger partial charge in [-0.15, -0.1) is 0 Å². The van der Waals surface area contributed by atoms with Crippen LogP contribution >= 0.6 is 0 Å². The minimum Gasteiger partial charge on any atom is -0.336 e. The first-order valence-corrected chi connectivity index (χ1v) is 10.8. The Balaban J connectivity index is 1.59. The molecule has 0 aliphatic carbocycles. The van der Waals surface area contributed by atoms with Gasteiger partial charge in [-0.05, 0) is 41.8 Å². The molecule has 4 rings (SSSR count). The minimum absolute atomic E-state index is 0.0369. The lowest BCUT2D eigenvalue weighted by atomic mass is 10.0. The molecule has 0 aliphatic rings. The van der Waals surface area contributed by atoms with Gasteiger partial charge in [0, 0.05) is 32.4 Å². The Bertz CT molecular complexity index is 1190. The Morgan fingerprint density at radius 3 is 2.50 bits per heavy atom. The van der Waals surface area contributed by atoms with Crippen molar-refractivity contribution in [3.8, 4) is 0 Å². The Hall–Kier alpha value is -3.51. The van der Waals surface area contributed by atoms with E-state index >= 15 is 0 Å². The topological polar surface area (TPSA) is 49.6 Å². The van der Waals surface area contributed by atoms with Crippen LogP contribution in [-0.4, -0.2) is 27.2 Å². The number of amides is 1. The van der Waals surface area contributed by atoms with Gasteiger partial charge in [-0.25, -0.2) is 9.37 Å². The quantitative estimate of drug-likeness (QED) is 0.429. The Labute approximate surface area is 187 Å². The summed E-state index contributed by atoms with van der Waals surface area (Å²) in [4.78, 5) is 19.7. The third kappa shape index (κ3) is 4.70. The van der Waals surface area contributed by atoms with Gasteiger partial charge in [0.05, 0.1) is 5.69 Å². The number of halogens is 1. The van der Waals surface area contributed by atoms with E-state index in [0.29, 0.717) is 18.8 Å². The van der Waals surface area contributed by atoms with Crippen molar-refractivity contribution < 1.29 is 9.18 Å². The smallest absolute Gasteiger partial charge is 0.274 e. The van der Waals surface area contributed by atoms with Crippen molar-refractivity contribution in [3.63, 3.8) is 0 Å². The van der Waals surface area contributed by atoms with Crippen LogP contribution in [0.15, 0.2) is 79.0 Å². The van der Waals surface area contributed by atoms with E-state index in [4.69, 9.17) is 0 Å². The number of carbonyl (C=O) groups is 1. The zero-order chi connectivity index (χ0) is 22.5. The van der Waals surface area contributed by atoms with E-state index in [-0.39, 0.29) is 17.8 Å². The molecule has 2 aromatic carbocycles. The van der Waals surface area contributed by atoms with Gasteiger partial charge >= 0.3 is 0 Å². The van der Waals surface area contributed by atoms with Gasteiger partial charge in [0.1, 0.15) is 11.5 Å². The van der Waals surface area contributed by atoms with Gasteiger partial charge in [0.25, 0.3) is 5.91 Å². The molecule has 0 unspecified atom stereocenters. The van der Waals surface area contributed by atoms with Crippen LogP contribution in [0.4, 0.5) is 4.39 Å².